The van der Waals surface area contributed by atoms with E-state index in [4.69, 9.17) is 9.84 Å². The van der Waals surface area contributed by atoms with Gasteiger partial charge in [0.25, 0.3) is 0 Å². The maximum atomic E-state index is 11.1. The van der Waals surface area contributed by atoms with Gasteiger partial charge in [-0.1, -0.05) is 83.2 Å². The molecule has 1 unspecified atom stereocenters. The molecule has 0 heterocycles. The second kappa shape index (κ2) is 10.9. The zero-order chi connectivity index (χ0) is 25.8. The molecular formula is C31H36O4. The summed E-state index contributed by atoms with van der Waals surface area (Å²) in [5.41, 5.74) is 5.88. The number of hydrogen-bond acceptors (Lipinski definition) is 3. The van der Waals surface area contributed by atoms with Crippen molar-refractivity contribution in [3.8, 4) is 16.9 Å². The van der Waals surface area contributed by atoms with Crippen molar-refractivity contribution in [1.82, 2.24) is 0 Å². The molecule has 0 bridgehead atoms. The van der Waals surface area contributed by atoms with Crippen LogP contribution in [0.2, 0.25) is 0 Å². The van der Waals surface area contributed by atoms with Crippen LogP contribution in [0.5, 0.6) is 5.75 Å². The van der Waals surface area contributed by atoms with Crippen molar-refractivity contribution in [3.63, 3.8) is 0 Å². The monoisotopic (exact) mass is 472 g/mol. The number of hydrogen-bond donors (Lipinski definition) is 2. The molecule has 0 spiro atoms. The van der Waals surface area contributed by atoms with Crippen LogP contribution in [0.25, 0.3) is 17.2 Å². The molecule has 3 aromatic carbocycles. The summed E-state index contributed by atoms with van der Waals surface area (Å²) in [6.45, 7) is 13.4. The van der Waals surface area contributed by atoms with Gasteiger partial charge in [-0.15, -0.1) is 0 Å². The van der Waals surface area contributed by atoms with E-state index in [-0.39, 0.29) is 11.0 Å². The summed E-state index contributed by atoms with van der Waals surface area (Å²) in [5.74, 6) is 0.289. The summed E-state index contributed by atoms with van der Waals surface area (Å²) < 4.78 is 6.41. The predicted molar refractivity (Wildman–Crippen MR) is 143 cm³/mol. The van der Waals surface area contributed by atoms with Crippen molar-refractivity contribution in [2.45, 2.75) is 53.1 Å². The lowest BCUT2D eigenvalue weighted by Crippen LogP contribution is -2.17. The highest BCUT2D eigenvalue weighted by Crippen LogP contribution is 2.43. The summed E-state index contributed by atoms with van der Waals surface area (Å²) in [7, 11) is 0. The van der Waals surface area contributed by atoms with E-state index in [1.165, 1.54) is 0 Å². The second-order valence-electron chi connectivity index (χ2n) is 10.4. The molecule has 3 rings (SSSR count). The first-order valence-corrected chi connectivity index (χ1v) is 12.0. The van der Waals surface area contributed by atoms with Crippen LogP contribution in [0.3, 0.4) is 0 Å². The molecular weight excluding hydrogens is 436 g/mol. The molecule has 35 heavy (non-hydrogen) atoms. The predicted octanol–water partition coefficient (Wildman–Crippen LogP) is 7.44. The Hall–Kier alpha value is -3.37. The van der Waals surface area contributed by atoms with Crippen LogP contribution in [-0.2, 0) is 5.41 Å². The normalized spacial score (nSPS) is 12.8. The molecule has 0 aromatic heterocycles. The molecule has 2 N–H and O–H groups in total. The Bertz CT molecular complexity index is 1200. The molecule has 0 saturated heterocycles. The first-order valence-electron chi connectivity index (χ1n) is 12.0. The molecule has 184 valence electrons. The number of carboxylic acids is 1. The van der Waals surface area contributed by atoms with Crippen LogP contribution in [0.15, 0.2) is 66.7 Å². The average Bonchev–Trinajstić information content (AvgIpc) is 2.80. The lowest BCUT2D eigenvalue weighted by atomic mass is 9.81. The number of carboxylic acid groups (broad SMARTS) is 1. The van der Waals surface area contributed by atoms with Gasteiger partial charge in [0.1, 0.15) is 5.75 Å². The van der Waals surface area contributed by atoms with Crippen molar-refractivity contribution >= 4 is 12.0 Å². The second-order valence-corrected chi connectivity index (χ2v) is 10.4. The van der Waals surface area contributed by atoms with E-state index in [1.807, 2.05) is 30.3 Å². The number of aromatic carboxylic acids is 1. The van der Waals surface area contributed by atoms with Gasteiger partial charge in [-0.05, 0) is 64.8 Å². The van der Waals surface area contributed by atoms with Gasteiger partial charge >= 0.3 is 5.97 Å². The first kappa shape index (κ1) is 26.2. The number of aryl methyl sites for hydroxylation is 1. The fourth-order valence-electron chi connectivity index (χ4n) is 3.91. The Morgan fingerprint density at radius 3 is 2.23 bits per heavy atom. The maximum absolute atomic E-state index is 11.1. The van der Waals surface area contributed by atoms with Crippen molar-refractivity contribution in [1.29, 1.82) is 0 Å². The van der Waals surface area contributed by atoms with E-state index in [2.05, 4.69) is 53.7 Å². The van der Waals surface area contributed by atoms with Gasteiger partial charge in [0.15, 0.2) is 0 Å². The number of aliphatic hydroxyl groups is 1. The van der Waals surface area contributed by atoms with Crippen molar-refractivity contribution in [3.05, 3.63) is 94.6 Å². The summed E-state index contributed by atoms with van der Waals surface area (Å²) >= 11 is 0. The van der Waals surface area contributed by atoms with Gasteiger partial charge in [0.2, 0.25) is 0 Å². The van der Waals surface area contributed by atoms with Gasteiger partial charge in [0, 0.05) is 11.1 Å². The van der Waals surface area contributed by atoms with Gasteiger partial charge in [0.05, 0.1) is 18.3 Å². The van der Waals surface area contributed by atoms with Crippen LogP contribution in [0.4, 0.5) is 0 Å². The summed E-state index contributed by atoms with van der Waals surface area (Å²) in [4.78, 5) is 11.1. The minimum atomic E-state index is -0.959. The van der Waals surface area contributed by atoms with Gasteiger partial charge in [-0.2, -0.15) is 0 Å². The molecule has 0 aliphatic carbocycles. The fourth-order valence-corrected chi connectivity index (χ4v) is 3.91. The van der Waals surface area contributed by atoms with Crippen LogP contribution in [-0.4, -0.2) is 22.8 Å². The van der Waals surface area contributed by atoms with Crippen molar-refractivity contribution < 1.29 is 19.7 Å². The van der Waals surface area contributed by atoms with E-state index in [1.54, 1.807) is 30.3 Å². The highest BCUT2D eigenvalue weighted by molar-refractivity contribution is 5.87. The van der Waals surface area contributed by atoms with Crippen molar-refractivity contribution in [2.75, 3.05) is 6.61 Å². The zero-order valence-electron chi connectivity index (χ0n) is 21.5. The quantitative estimate of drug-likeness (QED) is 0.357. The smallest absolute Gasteiger partial charge is 0.335 e. The first-order chi connectivity index (χ1) is 16.5. The Morgan fingerprint density at radius 1 is 1.00 bits per heavy atom. The van der Waals surface area contributed by atoms with Crippen LogP contribution >= 0.6 is 0 Å². The third-order valence-electron chi connectivity index (χ3n) is 5.89. The Labute approximate surface area is 208 Å². The topological polar surface area (TPSA) is 66.8 Å². The van der Waals surface area contributed by atoms with Gasteiger partial charge < -0.3 is 14.9 Å². The number of benzene rings is 3. The standard InChI is InChI=1S/C31H36O4/c1-20(2)19-35-29-26(25-10-8-7-9-21(25)3)17-24(18-27(29)31(4,5)6)28(32)16-13-22-11-14-23(15-12-22)30(33)34/h7-18,20,28,32H,19H2,1-6H3,(H,33,34). The molecule has 1 atom stereocenters. The molecule has 3 aromatic rings. The summed E-state index contributed by atoms with van der Waals surface area (Å²) in [6.07, 6.45) is 2.70. The third kappa shape index (κ3) is 6.61. The Balaban J connectivity index is 2.09. The summed E-state index contributed by atoms with van der Waals surface area (Å²) in [5, 5.41) is 20.2. The van der Waals surface area contributed by atoms with Gasteiger partial charge in [-0.25, -0.2) is 4.79 Å². The molecule has 4 nitrogen and oxygen atoms in total. The Morgan fingerprint density at radius 2 is 1.66 bits per heavy atom. The number of aliphatic hydroxyl groups excluding tert-OH is 1. The lowest BCUT2D eigenvalue weighted by molar-refractivity contribution is 0.0697. The molecule has 0 aliphatic rings. The molecule has 4 heteroatoms. The molecule has 0 amide bonds. The van der Waals surface area contributed by atoms with Crippen LogP contribution < -0.4 is 4.74 Å². The van der Waals surface area contributed by atoms with Crippen LogP contribution in [0, 0.1) is 12.8 Å². The van der Waals surface area contributed by atoms with Crippen LogP contribution in [0.1, 0.15) is 73.3 Å². The number of rotatable bonds is 8. The largest absolute Gasteiger partial charge is 0.492 e. The minimum absolute atomic E-state index is 0.199. The van der Waals surface area contributed by atoms with Gasteiger partial charge in [-0.3, -0.25) is 0 Å². The number of ether oxygens (including phenoxy) is 1. The molecule has 0 saturated carbocycles. The average molecular weight is 473 g/mol. The van der Waals surface area contributed by atoms with Crippen molar-refractivity contribution in [2.24, 2.45) is 5.92 Å². The third-order valence-corrected chi connectivity index (χ3v) is 5.89. The molecule has 0 fully saturated rings. The number of carbonyl (C=O) groups is 1. The maximum Gasteiger partial charge on any atom is 0.335 e. The van der Waals surface area contributed by atoms with E-state index >= 15 is 0 Å². The molecule has 0 aliphatic heterocycles. The Kier molecular flexibility index (Phi) is 8.18. The summed E-state index contributed by atoms with van der Waals surface area (Å²) in [6, 6.07) is 18.9. The fraction of sp³-hybridized carbons (Fsp3) is 0.323. The van der Waals surface area contributed by atoms with E-state index in [0.717, 1.165) is 39.1 Å². The highest BCUT2D eigenvalue weighted by Gasteiger charge is 2.25. The van der Waals surface area contributed by atoms with E-state index in [9.17, 15) is 9.90 Å². The van der Waals surface area contributed by atoms with E-state index in [0.29, 0.717) is 12.5 Å². The highest BCUT2D eigenvalue weighted by atomic mass is 16.5. The zero-order valence-corrected chi connectivity index (χ0v) is 21.5. The minimum Gasteiger partial charge on any atom is -0.492 e. The SMILES string of the molecule is Cc1ccccc1-c1cc(C(O)C=Cc2ccc(C(=O)O)cc2)cc(C(C)(C)C)c1OCC(C)C. The molecule has 0 radical (unpaired) electrons. The lowest BCUT2D eigenvalue weighted by Gasteiger charge is -2.28. The van der Waals surface area contributed by atoms with E-state index < -0.39 is 12.1 Å².